The number of alkyl halides is 6. The van der Waals surface area contributed by atoms with E-state index in [4.69, 9.17) is 18.7 Å². The number of nitrogens with zero attached hydrogens (tertiary/aromatic N) is 1. The number of hydrogen-bond acceptors (Lipinski definition) is 4. The second kappa shape index (κ2) is 7.04. The highest BCUT2D eigenvalue weighted by molar-refractivity contribution is 8.13. The van der Waals surface area contributed by atoms with Gasteiger partial charge in [0, 0.05) is 7.05 Å². The van der Waals surface area contributed by atoms with Crippen molar-refractivity contribution in [1.82, 2.24) is 0 Å². The summed E-state index contributed by atoms with van der Waals surface area (Å²) in [4.78, 5) is 3.35. The van der Waals surface area contributed by atoms with Crippen molar-refractivity contribution in [3.63, 3.8) is 0 Å². The average Bonchev–Trinajstić information content (AvgIpc) is 2.10. The first-order valence-electron chi connectivity index (χ1n) is 3.66. The molecule has 0 radical (unpaired) electrons. The van der Waals surface area contributed by atoms with E-state index in [1.54, 1.807) is 0 Å². The fourth-order valence-electron chi connectivity index (χ4n) is 0.220. The Hall–Kier alpha value is -0.690. The third-order valence-corrected chi connectivity index (χ3v) is 2.43. The van der Waals surface area contributed by atoms with Crippen LogP contribution in [0.2, 0.25) is 0 Å². The monoisotopic (exact) mass is 322 g/mol. The Morgan fingerprint density at radius 3 is 1.78 bits per heavy atom. The molecule has 0 aromatic carbocycles. The molecule has 0 aliphatic carbocycles. The molecule has 0 rings (SSSR count). The fraction of sp³-hybridized carbons (Fsp3) is 0.800. The lowest BCUT2D eigenvalue weighted by molar-refractivity contribution is -0.105. The van der Waals surface area contributed by atoms with Crippen LogP contribution in [0.3, 0.4) is 0 Å². The van der Waals surface area contributed by atoms with Gasteiger partial charge in [-0.25, -0.2) is 0 Å². The molecule has 0 aromatic rings. The number of hydrogen-bond donors (Lipinski definition) is 2. The van der Waals surface area contributed by atoms with E-state index in [2.05, 4.69) is 4.99 Å². The molecule has 0 aliphatic heterocycles. The highest BCUT2D eigenvalue weighted by atomic mass is 32.2. The largest absolute Gasteiger partial charge is 0.522 e. The Bertz CT molecular complexity index is 374. The molecule has 5 nitrogen and oxygen atoms in total. The molecular weight excluding hydrogens is 314 g/mol. The summed E-state index contributed by atoms with van der Waals surface area (Å²) in [6.45, 7) is 0. The van der Waals surface area contributed by atoms with Crippen LogP contribution in [0.5, 0.6) is 0 Å². The van der Waals surface area contributed by atoms with Gasteiger partial charge in [0.25, 0.3) is 0 Å². The van der Waals surface area contributed by atoms with Gasteiger partial charge >= 0.3 is 21.8 Å². The Kier molecular flexibility index (Phi) is 7.68. The van der Waals surface area contributed by atoms with Crippen molar-refractivity contribution in [2.45, 2.75) is 11.7 Å². The van der Waals surface area contributed by atoms with Crippen LogP contribution < -0.4 is 5.73 Å². The zero-order valence-electron chi connectivity index (χ0n) is 8.58. The molecule has 18 heavy (non-hydrogen) atoms. The first-order chi connectivity index (χ1) is 7.70. The predicted molar refractivity (Wildman–Crippen MR) is 53.7 cm³/mol. The number of thioether (sulfide) groups is 1. The van der Waals surface area contributed by atoms with Crippen molar-refractivity contribution in [3.05, 3.63) is 0 Å². The van der Waals surface area contributed by atoms with Crippen molar-refractivity contribution >= 4 is 27.0 Å². The summed E-state index contributed by atoms with van der Waals surface area (Å²) in [7, 11) is -4.49. The molecule has 0 aliphatic rings. The van der Waals surface area contributed by atoms with E-state index in [1.165, 1.54) is 7.05 Å². The van der Waals surface area contributed by atoms with Gasteiger partial charge in [-0.05, 0) is 0 Å². The van der Waals surface area contributed by atoms with Gasteiger partial charge in [-0.1, -0.05) is 11.8 Å². The zero-order valence-corrected chi connectivity index (χ0v) is 10.2. The van der Waals surface area contributed by atoms with Crippen LogP contribution in [-0.2, 0) is 10.1 Å². The van der Waals surface area contributed by atoms with Gasteiger partial charge < -0.3 is 5.73 Å². The van der Waals surface area contributed by atoms with E-state index in [9.17, 15) is 26.3 Å². The summed E-state index contributed by atoms with van der Waals surface area (Å²) in [6, 6.07) is 0. The normalized spacial score (nSPS) is 13.9. The molecular formula is C5H8F6N2O3S2. The van der Waals surface area contributed by atoms with Gasteiger partial charge in [-0.15, -0.1) is 0 Å². The summed E-state index contributed by atoms with van der Waals surface area (Å²) in [5, 5.41) is -0.0441. The van der Waals surface area contributed by atoms with Crippen molar-refractivity contribution in [1.29, 1.82) is 0 Å². The lowest BCUT2D eigenvalue weighted by Crippen LogP contribution is -2.21. The minimum Gasteiger partial charge on any atom is -0.379 e. The van der Waals surface area contributed by atoms with Gasteiger partial charge in [0.15, 0.2) is 5.17 Å². The van der Waals surface area contributed by atoms with Crippen molar-refractivity contribution < 1.29 is 39.3 Å². The summed E-state index contributed by atoms with van der Waals surface area (Å²) in [5.74, 6) is -0.976. The molecule has 0 heterocycles. The number of halogens is 6. The molecule has 0 atom stereocenters. The predicted octanol–water partition coefficient (Wildman–Crippen LogP) is 1.62. The molecule has 0 fully saturated rings. The maximum Gasteiger partial charge on any atom is 0.522 e. The van der Waals surface area contributed by atoms with Crippen molar-refractivity contribution in [2.24, 2.45) is 10.7 Å². The molecule has 0 saturated heterocycles. The quantitative estimate of drug-likeness (QED) is 0.252. The summed E-state index contributed by atoms with van der Waals surface area (Å²) >= 11 is 0.486. The van der Waals surface area contributed by atoms with Crippen molar-refractivity contribution in [2.75, 3.05) is 12.8 Å². The maximum absolute atomic E-state index is 11.4. The van der Waals surface area contributed by atoms with Crippen LogP contribution in [-0.4, -0.2) is 42.6 Å². The van der Waals surface area contributed by atoms with E-state index in [-0.39, 0.29) is 5.17 Å². The lowest BCUT2D eigenvalue weighted by atomic mass is 10.8. The molecule has 0 amide bonds. The molecule has 0 saturated carbocycles. The molecule has 3 N–H and O–H groups in total. The molecule has 0 bridgehead atoms. The molecule has 110 valence electrons. The zero-order chi connectivity index (χ0) is 15.2. The minimum absolute atomic E-state index is 0.0441. The third-order valence-electron chi connectivity index (χ3n) is 0.897. The first kappa shape index (κ1) is 19.6. The SMILES string of the molecule is CN=C(N)SCC(F)(F)F.O=S(=O)(O)C(F)(F)F. The van der Waals surface area contributed by atoms with Crippen LogP contribution >= 0.6 is 11.8 Å². The number of rotatable bonds is 1. The summed E-state index contributed by atoms with van der Waals surface area (Å²) in [6.07, 6.45) is -4.17. The van der Waals surface area contributed by atoms with Gasteiger partial charge in [0.1, 0.15) is 0 Å². The molecule has 13 heteroatoms. The Morgan fingerprint density at radius 2 is 1.61 bits per heavy atom. The molecule has 0 aromatic heterocycles. The van der Waals surface area contributed by atoms with Crippen LogP contribution in [0.15, 0.2) is 4.99 Å². The van der Waals surface area contributed by atoms with Gasteiger partial charge in [-0.3, -0.25) is 9.55 Å². The van der Waals surface area contributed by atoms with E-state index < -0.39 is 27.6 Å². The minimum atomic E-state index is -5.84. The molecule has 0 spiro atoms. The Balaban J connectivity index is 0. The van der Waals surface area contributed by atoms with Gasteiger partial charge in [0.2, 0.25) is 0 Å². The van der Waals surface area contributed by atoms with Crippen LogP contribution in [0.25, 0.3) is 0 Å². The Labute approximate surface area is 102 Å². The highest BCUT2D eigenvalue weighted by Gasteiger charge is 2.44. The van der Waals surface area contributed by atoms with Crippen molar-refractivity contribution in [3.8, 4) is 0 Å². The van der Waals surface area contributed by atoms with E-state index in [0.29, 0.717) is 11.8 Å². The number of nitrogens with two attached hydrogens (primary N) is 1. The van der Waals surface area contributed by atoms with Crippen LogP contribution in [0.4, 0.5) is 26.3 Å². The first-order valence-corrected chi connectivity index (χ1v) is 6.09. The van der Waals surface area contributed by atoms with E-state index in [0.717, 1.165) is 0 Å². The lowest BCUT2D eigenvalue weighted by Gasteiger charge is -2.03. The van der Waals surface area contributed by atoms with Gasteiger partial charge in [-0.2, -0.15) is 34.8 Å². The average molecular weight is 322 g/mol. The second-order valence-corrected chi connectivity index (χ2v) is 4.80. The smallest absolute Gasteiger partial charge is 0.379 e. The summed E-state index contributed by atoms with van der Waals surface area (Å²) < 4.78 is 91.8. The van der Waals surface area contributed by atoms with E-state index in [1.807, 2.05) is 0 Å². The van der Waals surface area contributed by atoms with Gasteiger partial charge in [0.05, 0.1) is 5.75 Å². The van der Waals surface area contributed by atoms with Crippen LogP contribution in [0.1, 0.15) is 0 Å². The fourth-order valence-corrected chi connectivity index (χ4v) is 0.661. The third kappa shape index (κ3) is 11.8. The number of aliphatic imine (C=N–C) groups is 1. The van der Waals surface area contributed by atoms with E-state index >= 15 is 0 Å². The molecule has 0 unspecified atom stereocenters. The standard InChI is InChI=1S/C4H7F3N2S.CHF3O3S/c1-9-3(8)10-2-4(5,6)7;2-1(3,4)8(5,6)7/h2H2,1H3,(H2,8,9);(H,5,6,7). The van der Waals surface area contributed by atoms with Crippen LogP contribution in [0, 0.1) is 0 Å². The number of amidine groups is 1. The topological polar surface area (TPSA) is 92.8 Å². The maximum atomic E-state index is 11.4. The highest BCUT2D eigenvalue weighted by Crippen LogP contribution is 2.21. The summed E-state index contributed by atoms with van der Waals surface area (Å²) in [5.41, 5.74) is -0.542. The second-order valence-electron chi connectivity index (χ2n) is 2.39. The Morgan fingerprint density at radius 1 is 1.28 bits per heavy atom.